The molecule has 0 amide bonds. The third-order valence-corrected chi connectivity index (χ3v) is 3.07. The fourth-order valence-corrected chi connectivity index (χ4v) is 2.35. The number of anilines is 1. The quantitative estimate of drug-likeness (QED) is 0.755. The van der Waals surface area contributed by atoms with Gasteiger partial charge in [-0.3, -0.25) is 4.40 Å². The van der Waals surface area contributed by atoms with Gasteiger partial charge in [-0.05, 0) is 35.5 Å². The molecule has 0 radical (unpaired) electrons. The summed E-state index contributed by atoms with van der Waals surface area (Å²) in [6, 6.07) is 5.62. The van der Waals surface area contributed by atoms with E-state index < -0.39 is 0 Å². The van der Waals surface area contributed by atoms with Gasteiger partial charge in [0.25, 0.3) is 0 Å². The van der Waals surface area contributed by atoms with Crippen LogP contribution in [0.15, 0.2) is 34.7 Å². The van der Waals surface area contributed by atoms with E-state index in [2.05, 4.69) is 25.1 Å². The molecule has 0 fully saturated rings. The number of nitrogens with zero attached hydrogens (tertiary/aromatic N) is 6. The van der Waals surface area contributed by atoms with Crippen LogP contribution >= 0.6 is 23.4 Å². The van der Waals surface area contributed by atoms with Gasteiger partial charge in [0.15, 0.2) is 5.65 Å². The number of aromatic nitrogens is 6. The zero-order valence-electron chi connectivity index (χ0n) is 8.86. The molecule has 18 heavy (non-hydrogen) atoms. The lowest BCUT2D eigenvalue weighted by atomic mass is 10.5. The Balaban J connectivity index is 2.01. The predicted octanol–water partition coefficient (Wildman–Crippen LogP) is 1.30. The van der Waals surface area contributed by atoms with Crippen LogP contribution in [0, 0.1) is 0 Å². The number of hydrogen-bond acceptors (Lipinski definition) is 7. The van der Waals surface area contributed by atoms with Crippen molar-refractivity contribution >= 4 is 35.0 Å². The van der Waals surface area contributed by atoms with E-state index in [0.29, 0.717) is 10.3 Å². The first kappa shape index (κ1) is 11.2. The van der Waals surface area contributed by atoms with E-state index in [4.69, 9.17) is 17.3 Å². The third kappa shape index (κ3) is 2.07. The van der Waals surface area contributed by atoms with Crippen molar-refractivity contribution in [2.45, 2.75) is 10.3 Å². The molecule has 0 saturated heterocycles. The zero-order chi connectivity index (χ0) is 12.5. The molecule has 0 saturated carbocycles. The van der Waals surface area contributed by atoms with Crippen molar-refractivity contribution in [3.8, 4) is 0 Å². The topological polar surface area (TPSA) is 94.9 Å². The fourth-order valence-electron chi connectivity index (χ4n) is 1.36. The van der Waals surface area contributed by atoms with Gasteiger partial charge in [0.2, 0.25) is 21.5 Å². The maximum atomic E-state index is 5.71. The Bertz CT molecular complexity index is 693. The Kier molecular flexibility index (Phi) is 2.73. The first-order chi connectivity index (χ1) is 8.72. The normalized spacial score (nSPS) is 10.9. The molecule has 90 valence electrons. The molecule has 0 spiro atoms. The van der Waals surface area contributed by atoms with Gasteiger partial charge in [-0.2, -0.15) is 15.0 Å². The second-order valence-corrected chi connectivity index (χ2v) is 4.53. The maximum Gasteiger partial charge on any atom is 0.228 e. The molecule has 0 bridgehead atoms. The number of pyridine rings is 1. The molecule has 7 nitrogen and oxygen atoms in total. The van der Waals surface area contributed by atoms with E-state index >= 15 is 0 Å². The molecular weight excluding hydrogens is 274 g/mol. The number of rotatable bonds is 2. The minimum Gasteiger partial charge on any atom is -0.368 e. The molecule has 9 heteroatoms. The van der Waals surface area contributed by atoms with Gasteiger partial charge in [0, 0.05) is 6.20 Å². The van der Waals surface area contributed by atoms with Crippen LogP contribution in [0.5, 0.6) is 0 Å². The number of nitrogen functional groups attached to an aromatic ring is 1. The van der Waals surface area contributed by atoms with Crippen LogP contribution < -0.4 is 5.73 Å². The first-order valence-electron chi connectivity index (χ1n) is 4.87. The molecule has 0 aromatic carbocycles. The van der Waals surface area contributed by atoms with Crippen LogP contribution in [-0.2, 0) is 0 Å². The van der Waals surface area contributed by atoms with Crippen LogP contribution in [0.3, 0.4) is 0 Å². The van der Waals surface area contributed by atoms with Gasteiger partial charge < -0.3 is 5.73 Å². The van der Waals surface area contributed by atoms with Gasteiger partial charge in [-0.1, -0.05) is 6.07 Å². The highest BCUT2D eigenvalue weighted by atomic mass is 35.5. The second-order valence-electron chi connectivity index (χ2n) is 3.26. The molecular formula is C9H6ClN7S. The Labute approximate surface area is 110 Å². The Morgan fingerprint density at radius 2 is 2.06 bits per heavy atom. The van der Waals surface area contributed by atoms with Crippen molar-refractivity contribution in [3.63, 3.8) is 0 Å². The van der Waals surface area contributed by atoms with Gasteiger partial charge in [0.05, 0.1) is 0 Å². The summed E-state index contributed by atoms with van der Waals surface area (Å²) in [5.41, 5.74) is 6.24. The van der Waals surface area contributed by atoms with Crippen molar-refractivity contribution in [2.75, 3.05) is 5.73 Å². The molecule has 3 heterocycles. The largest absolute Gasteiger partial charge is 0.368 e. The van der Waals surface area contributed by atoms with Crippen LogP contribution in [0.1, 0.15) is 0 Å². The van der Waals surface area contributed by atoms with Gasteiger partial charge in [-0.15, -0.1) is 10.2 Å². The Hall–Kier alpha value is -1.93. The first-order valence-corrected chi connectivity index (χ1v) is 6.06. The number of halogens is 1. The molecule has 0 aliphatic heterocycles. The van der Waals surface area contributed by atoms with E-state index in [1.165, 1.54) is 11.8 Å². The summed E-state index contributed by atoms with van der Waals surface area (Å²) in [5, 5.41) is 9.12. The average Bonchev–Trinajstić information content (AvgIpc) is 2.72. The number of nitrogens with two attached hydrogens (primary N) is 1. The SMILES string of the molecule is Nc1nc(Cl)nc(Sc2nnc3ccccn23)n1. The molecule has 0 atom stereocenters. The minimum absolute atomic E-state index is 0.0545. The summed E-state index contributed by atoms with van der Waals surface area (Å²) < 4.78 is 1.82. The highest BCUT2D eigenvalue weighted by molar-refractivity contribution is 7.99. The highest BCUT2D eigenvalue weighted by Crippen LogP contribution is 2.24. The number of fused-ring (bicyclic) bond motifs is 1. The molecule has 3 aromatic rings. The van der Waals surface area contributed by atoms with Crippen LogP contribution in [0.4, 0.5) is 5.95 Å². The summed E-state index contributed by atoms with van der Waals surface area (Å²) in [5.74, 6) is 0.0753. The van der Waals surface area contributed by atoms with E-state index in [9.17, 15) is 0 Å². The van der Waals surface area contributed by atoms with Crippen molar-refractivity contribution in [3.05, 3.63) is 29.7 Å². The zero-order valence-corrected chi connectivity index (χ0v) is 10.4. The lowest BCUT2D eigenvalue weighted by Crippen LogP contribution is -1.99. The fraction of sp³-hybridized carbons (Fsp3) is 0. The second kappa shape index (κ2) is 4.39. The molecule has 2 N–H and O–H groups in total. The van der Waals surface area contributed by atoms with Crippen molar-refractivity contribution < 1.29 is 0 Å². The summed E-state index contributed by atoms with van der Waals surface area (Å²) in [4.78, 5) is 11.6. The van der Waals surface area contributed by atoms with Crippen molar-refractivity contribution in [1.29, 1.82) is 0 Å². The monoisotopic (exact) mass is 279 g/mol. The average molecular weight is 280 g/mol. The molecule has 0 aliphatic rings. The van der Waals surface area contributed by atoms with Crippen molar-refractivity contribution in [2.24, 2.45) is 0 Å². The molecule has 3 aromatic heterocycles. The summed E-state index contributed by atoms with van der Waals surface area (Å²) >= 11 is 6.92. The minimum atomic E-state index is 0.0545. The lowest BCUT2D eigenvalue weighted by molar-refractivity contribution is 0.883. The van der Waals surface area contributed by atoms with E-state index in [-0.39, 0.29) is 11.2 Å². The standard InChI is InChI=1S/C9H6ClN7S/c10-6-12-7(11)14-8(13-6)18-9-16-15-5-3-1-2-4-17(5)9/h1-4H,(H2,11,12,13,14). The van der Waals surface area contributed by atoms with Gasteiger partial charge in [0.1, 0.15) is 0 Å². The summed E-state index contributed by atoms with van der Waals surface area (Å²) in [6.45, 7) is 0. The Morgan fingerprint density at radius 3 is 2.89 bits per heavy atom. The van der Waals surface area contributed by atoms with Crippen LogP contribution in [0.2, 0.25) is 5.28 Å². The number of hydrogen-bond donors (Lipinski definition) is 1. The summed E-state index contributed by atoms with van der Waals surface area (Å²) in [6.07, 6.45) is 1.85. The predicted molar refractivity (Wildman–Crippen MR) is 66.4 cm³/mol. The lowest BCUT2D eigenvalue weighted by Gasteiger charge is -1.99. The van der Waals surface area contributed by atoms with E-state index in [0.717, 1.165) is 5.65 Å². The van der Waals surface area contributed by atoms with Crippen LogP contribution in [0.25, 0.3) is 5.65 Å². The van der Waals surface area contributed by atoms with Gasteiger partial charge >= 0.3 is 0 Å². The molecule has 0 unspecified atom stereocenters. The molecule has 3 rings (SSSR count). The Morgan fingerprint density at radius 1 is 1.17 bits per heavy atom. The van der Waals surface area contributed by atoms with E-state index in [1.807, 2.05) is 28.8 Å². The smallest absolute Gasteiger partial charge is 0.228 e. The van der Waals surface area contributed by atoms with Crippen LogP contribution in [-0.4, -0.2) is 29.5 Å². The van der Waals surface area contributed by atoms with Crippen molar-refractivity contribution in [1.82, 2.24) is 29.5 Å². The molecule has 0 aliphatic carbocycles. The summed E-state index contributed by atoms with van der Waals surface area (Å²) in [7, 11) is 0. The van der Waals surface area contributed by atoms with Gasteiger partial charge in [-0.25, -0.2) is 0 Å². The third-order valence-electron chi connectivity index (χ3n) is 2.07. The van der Waals surface area contributed by atoms with E-state index in [1.54, 1.807) is 0 Å². The highest BCUT2D eigenvalue weighted by Gasteiger charge is 2.10. The maximum absolute atomic E-state index is 5.71.